The Morgan fingerprint density at radius 3 is 2.38 bits per heavy atom. The van der Waals surface area contributed by atoms with Crippen molar-refractivity contribution in [2.75, 3.05) is 6.61 Å². The number of nitrogens with zero attached hydrogens (tertiary/aromatic N) is 1. The van der Waals surface area contributed by atoms with Crippen molar-refractivity contribution >= 4 is 50.9 Å². The highest BCUT2D eigenvalue weighted by molar-refractivity contribution is 6.39. The number of ether oxygens (including phenoxy) is 1. The number of para-hydroxylation sites is 1. The smallest absolute Gasteiger partial charge is 0.249 e. The molecule has 0 saturated carbocycles. The van der Waals surface area contributed by atoms with Gasteiger partial charge in [-0.1, -0.05) is 65.7 Å². The number of fused-ring (bicyclic) bond motifs is 3. The lowest BCUT2D eigenvalue weighted by Crippen LogP contribution is -2.11. The molecule has 2 N–H and O–H groups in total. The first kappa shape index (κ1) is 22.3. The van der Waals surface area contributed by atoms with E-state index in [0.717, 1.165) is 44.2 Å². The van der Waals surface area contributed by atoms with E-state index in [1.54, 1.807) is 6.07 Å². The molecule has 1 heterocycles. The van der Waals surface area contributed by atoms with Gasteiger partial charge in [-0.3, -0.25) is 4.79 Å². The maximum atomic E-state index is 12.3. The second-order valence-corrected chi connectivity index (χ2v) is 8.83. The zero-order valence-electron chi connectivity index (χ0n) is 18.5. The second-order valence-electron chi connectivity index (χ2n) is 8.02. The van der Waals surface area contributed by atoms with E-state index in [0.29, 0.717) is 28.8 Å². The van der Waals surface area contributed by atoms with Crippen molar-refractivity contribution in [1.82, 2.24) is 4.57 Å². The highest BCUT2D eigenvalue weighted by Crippen LogP contribution is 2.39. The zero-order valence-corrected chi connectivity index (χ0v) is 20.0. The Balaban J connectivity index is 1.82. The Bertz CT molecular complexity index is 1540. The van der Waals surface area contributed by atoms with Gasteiger partial charge in [-0.05, 0) is 48.9 Å². The summed E-state index contributed by atoms with van der Waals surface area (Å²) < 4.78 is 8.06. The van der Waals surface area contributed by atoms with Crippen molar-refractivity contribution in [2.24, 2.45) is 5.73 Å². The Morgan fingerprint density at radius 1 is 0.912 bits per heavy atom. The minimum Gasteiger partial charge on any atom is -0.494 e. The summed E-state index contributed by atoms with van der Waals surface area (Å²) in [6.07, 6.45) is 0. The molecule has 4 aromatic carbocycles. The van der Waals surface area contributed by atoms with Gasteiger partial charge in [0, 0.05) is 37.5 Å². The van der Waals surface area contributed by atoms with Crippen LogP contribution in [-0.4, -0.2) is 17.1 Å². The summed E-state index contributed by atoms with van der Waals surface area (Å²) in [5.41, 5.74) is 10.8. The van der Waals surface area contributed by atoms with Crippen LogP contribution in [-0.2, 0) is 6.54 Å². The number of primary amides is 1. The zero-order chi connectivity index (χ0) is 23.8. The van der Waals surface area contributed by atoms with E-state index in [2.05, 4.69) is 16.7 Å². The number of hydrogen-bond acceptors (Lipinski definition) is 2. The lowest BCUT2D eigenvalue weighted by atomic mass is 10.0. The Labute approximate surface area is 207 Å². The molecule has 0 atom stereocenters. The molecule has 5 rings (SSSR count). The summed E-state index contributed by atoms with van der Waals surface area (Å²) in [7, 11) is 0. The summed E-state index contributed by atoms with van der Waals surface area (Å²) in [6.45, 7) is 3.10. The molecule has 0 bridgehead atoms. The number of rotatable bonds is 6. The molecule has 6 heteroatoms. The van der Waals surface area contributed by atoms with Crippen molar-refractivity contribution < 1.29 is 9.53 Å². The molecular weight excluding hydrogens is 467 g/mol. The largest absolute Gasteiger partial charge is 0.494 e. The minimum atomic E-state index is -0.461. The summed E-state index contributed by atoms with van der Waals surface area (Å²) in [6, 6.07) is 25.1. The summed E-state index contributed by atoms with van der Waals surface area (Å²) in [4.78, 5) is 12.3. The molecule has 1 amide bonds. The normalized spacial score (nSPS) is 11.3. The van der Waals surface area contributed by atoms with Gasteiger partial charge in [-0.2, -0.15) is 0 Å². The molecule has 0 aliphatic carbocycles. The second kappa shape index (κ2) is 9.05. The average molecular weight is 489 g/mol. The van der Waals surface area contributed by atoms with Crippen LogP contribution >= 0.6 is 23.2 Å². The molecular formula is C28H22Cl2N2O2. The highest BCUT2D eigenvalue weighted by Gasteiger charge is 2.19. The summed E-state index contributed by atoms with van der Waals surface area (Å²) >= 11 is 13.0. The number of hydrogen-bond donors (Lipinski definition) is 1. The van der Waals surface area contributed by atoms with E-state index in [4.69, 9.17) is 33.7 Å². The molecule has 5 aromatic rings. The molecule has 0 aliphatic heterocycles. The predicted octanol–water partition coefficient (Wildman–Crippen LogP) is 7.31. The van der Waals surface area contributed by atoms with Gasteiger partial charge in [0.1, 0.15) is 5.75 Å². The number of carbonyl (C=O) groups excluding carboxylic acids is 1. The van der Waals surface area contributed by atoms with E-state index in [9.17, 15) is 4.79 Å². The Hall–Kier alpha value is -3.47. The number of benzene rings is 4. The molecule has 0 fully saturated rings. The van der Waals surface area contributed by atoms with Gasteiger partial charge in [-0.15, -0.1) is 0 Å². The monoisotopic (exact) mass is 488 g/mol. The highest BCUT2D eigenvalue weighted by atomic mass is 35.5. The summed E-state index contributed by atoms with van der Waals surface area (Å²) in [5, 5.41) is 2.92. The van der Waals surface area contributed by atoms with Gasteiger partial charge in [0.25, 0.3) is 0 Å². The van der Waals surface area contributed by atoms with Crippen molar-refractivity contribution in [2.45, 2.75) is 13.5 Å². The Kier molecular flexibility index (Phi) is 5.94. The maximum absolute atomic E-state index is 12.3. The molecule has 0 radical (unpaired) electrons. The van der Waals surface area contributed by atoms with Gasteiger partial charge < -0.3 is 15.0 Å². The molecule has 0 saturated heterocycles. The molecule has 1 aromatic heterocycles. The first-order valence-corrected chi connectivity index (χ1v) is 11.7. The van der Waals surface area contributed by atoms with Crippen LogP contribution in [0.1, 0.15) is 22.8 Å². The van der Waals surface area contributed by atoms with Crippen LogP contribution < -0.4 is 10.5 Å². The van der Waals surface area contributed by atoms with Crippen molar-refractivity contribution in [3.8, 4) is 16.9 Å². The topological polar surface area (TPSA) is 57.2 Å². The van der Waals surface area contributed by atoms with Crippen LogP contribution in [0.5, 0.6) is 5.75 Å². The van der Waals surface area contributed by atoms with E-state index < -0.39 is 5.91 Å². The maximum Gasteiger partial charge on any atom is 0.249 e. The fourth-order valence-electron chi connectivity index (χ4n) is 4.55. The SMILES string of the molecule is CCOc1ccccc1Cn1c2cc(-c3c(Cl)cccc3Cl)ccc2c2c(C(N)=O)cccc21. The number of amides is 1. The molecule has 34 heavy (non-hydrogen) atoms. The van der Waals surface area contributed by atoms with E-state index >= 15 is 0 Å². The van der Waals surface area contributed by atoms with Crippen molar-refractivity contribution in [3.05, 3.63) is 100 Å². The predicted molar refractivity (Wildman–Crippen MR) is 140 cm³/mol. The number of halogens is 2. The molecule has 0 spiro atoms. The van der Waals surface area contributed by atoms with Crippen LogP contribution in [0.4, 0.5) is 0 Å². The van der Waals surface area contributed by atoms with Crippen LogP contribution in [0.25, 0.3) is 32.9 Å². The third-order valence-corrected chi connectivity index (χ3v) is 6.64. The van der Waals surface area contributed by atoms with Gasteiger partial charge in [0.2, 0.25) is 5.91 Å². The van der Waals surface area contributed by atoms with Crippen LogP contribution in [0.2, 0.25) is 10.0 Å². The van der Waals surface area contributed by atoms with E-state index in [1.807, 2.05) is 67.6 Å². The molecule has 0 aliphatic rings. The fourth-order valence-corrected chi connectivity index (χ4v) is 5.17. The van der Waals surface area contributed by atoms with Gasteiger partial charge in [0.05, 0.1) is 24.2 Å². The molecule has 170 valence electrons. The van der Waals surface area contributed by atoms with Crippen LogP contribution in [0.15, 0.2) is 78.9 Å². The van der Waals surface area contributed by atoms with Crippen LogP contribution in [0, 0.1) is 0 Å². The first-order valence-electron chi connectivity index (χ1n) is 11.0. The van der Waals surface area contributed by atoms with Crippen molar-refractivity contribution in [3.63, 3.8) is 0 Å². The first-order chi connectivity index (χ1) is 16.5. The molecule has 0 unspecified atom stereocenters. The number of nitrogens with two attached hydrogens (primary N) is 1. The quantitative estimate of drug-likeness (QED) is 0.272. The third-order valence-electron chi connectivity index (χ3n) is 6.01. The van der Waals surface area contributed by atoms with E-state index in [-0.39, 0.29) is 0 Å². The average Bonchev–Trinajstić information content (AvgIpc) is 3.13. The van der Waals surface area contributed by atoms with Gasteiger partial charge in [-0.25, -0.2) is 0 Å². The lowest BCUT2D eigenvalue weighted by molar-refractivity contribution is 0.100. The van der Waals surface area contributed by atoms with Gasteiger partial charge >= 0.3 is 0 Å². The fraction of sp³-hybridized carbons (Fsp3) is 0.107. The van der Waals surface area contributed by atoms with Crippen LogP contribution in [0.3, 0.4) is 0 Å². The van der Waals surface area contributed by atoms with Crippen molar-refractivity contribution in [1.29, 1.82) is 0 Å². The minimum absolute atomic E-state index is 0.461. The summed E-state index contributed by atoms with van der Waals surface area (Å²) in [5.74, 6) is 0.369. The third kappa shape index (κ3) is 3.79. The lowest BCUT2D eigenvalue weighted by Gasteiger charge is -2.13. The van der Waals surface area contributed by atoms with E-state index in [1.165, 1.54) is 0 Å². The number of carbonyl (C=O) groups is 1. The standard InChI is InChI=1S/C28H22Cl2N2O2/c1-2-34-25-12-4-3-7-18(25)16-32-23-11-5-8-20(28(31)33)27(23)19-14-13-17(15-24(19)32)26-21(29)9-6-10-22(26)30/h3-15H,2,16H2,1H3,(H2,31,33). The molecule has 4 nitrogen and oxygen atoms in total. The Morgan fingerprint density at radius 2 is 1.65 bits per heavy atom. The van der Waals surface area contributed by atoms with Gasteiger partial charge in [0.15, 0.2) is 0 Å². The number of aromatic nitrogens is 1.